The van der Waals surface area contributed by atoms with Gasteiger partial charge in [0.1, 0.15) is 11.9 Å². The third kappa shape index (κ3) is 1.97. The molecule has 0 bridgehead atoms. The summed E-state index contributed by atoms with van der Waals surface area (Å²) in [6.07, 6.45) is 8.19. The highest BCUT2D eigenvalue weighted by atomic mass is 19.1. The molecule has 15 heavy (non-hydrogen) atoms. The largest absolute Gasteiger partial charge is 0.206 e. The van der Waals surface area contributed by atoms with Gasteiger partial charge in [-0.1, -0.05) is 24.3 Å². The van der Waals surface area contributed by atoms with Gasteiger partial charge in [-0.3, -0.25) is 0 Å². The van der Waals surface area contributed by atoms with Gasteiger partial charge in [-0.25, -0.2) is 4.39 Å². The molecular formula is C13H10FN. The standard InChI is InChI=1S/C13H10FN/c14-13-8-11(6-7-12(13)9-15)10-4-2-1-3-5-10/h2,4-8H,1,3H2. The molecule has 0 saturated heterocycles. The van der Waals surface area contributed by atoms with E-state index < -0.39 is 5.82 Å². The second kappa shape index (κ2) is 4.10. The first-order chi connectivity index (χ1) is 7.31. The van der Waals surface area contributed by atoms with Crippen molar-refractivity contribution < 1.29 is 4.39 Å². The van der Waals surface area contributed by atoms with E-state index in [-0.39, 0.29) is 5.56 Å². The zero-order valence-electron chi connectivity index (χ0n) is 8.20. The van der Waals surface area contributed by atoms with Gasteiger partial charge in [-0.15, -0.1) is 0 Å². The maximum atomic E-state index is 13.3. The predicted octanol–water partition coefficient (Wildman–Crippen LogP) is 3.43. The van der Waals surface area contributed by atoms with Crippen LogP contribution in [-0.2, 0) is 0 Å². The Balaban J connectivity index is 2.39. The van der Waals surface area contributed by atoms with Gasteiger partial charge in [0, 0.05) is 0 Å². The van der Waals surface area contributed by atoms with Crippen molar-refractivity contribution in [2.45, 2.75) is 12.8 Å². The number of halogens is 1. The maximum Gasteiger partial charge on any atom is 0.141 e. The summed E-state index contributed by atoms with van der Waals surface area (Å²) in [5, 5.41) is 8.60. The van der Waals surface area contributed by atoms with E-state index in [4.69, 9.17) is 5.26 Å². The summed E-state index contributed by atoms with van der Waals surface area (Å²) in [6, 6.07) is 6.53. The fraction of sp³-hybridized carbons (Fsp3) is 0.154. The van der Waals surface area contributed by atoms with E-state index in [1.807, 2.05) is 12.1 Å². The molecule has 0 aromatic heterocycles. The molecule has 1 nitrogen and oxygen atoms in total. The molecule has 2 rings (SSSR count). The van der Waals surface area contributed by atoms with Crippen LogP contribution in [0.5, 0.6) is 0 Å². The first-order valence-corrected chi connectivity index (χ1v) is 4.88. The highest BCUT2D eigenvalue weighted by Crippen LogP contribution is 2.22. The number of nitrogens with zero attached hydrogens (tertiary/aromatic N) is 1. The molecule has 0 heterocycles. The lowest BCUT2D eigenvalue weighted by molar-refractivity contribution is 0.623. The summed E-state index contributed by atoms with van der Waals surface area (Å²) in [7, 11) is 0. The Morgan fingerprint density at radius 2 is 2.13 bits per heavy atom. The lowest BCUT2D eigenvalue weighted by atomic mass is 9.98. The highest BCUT2D eigenvalue weighted by Gasteiger charge is 2.05. The van der Waals surface area contributed by atoms with Crippen LogP contribution in [0.2, 0.25) is 0 Å². The van der Waals surface area contributed by atoms with Crippen LogP contribution in [0.1, 0.15) is 24.0 Å². The molecule has 0 amide bonds. The first-order valence-electron chi connectivity index (χ1n) is 4.88. The highest BCUT2D eigenvalue weighted by molar-refractivity contribution is 5.75. The average Bonchev–Trinajstić information content (AvgIpc) is 2.30. The summed E-state index contributed by atoms with van der Waals surface area (Å²) >= 11 is 0. The normalized spacial score (nSPS) is 14.5. The van der Waals surface area contributed by atoms with Crippen LogP contribution in [-0.4, -0.2) is 0 Å². The average molecular weight is 199 g/mol. The Kier molecular flexibility index (Phi) is 2.64. The van der Waals surface area contributed by atoms with Gasteiger partial charge in [0.05, 0.1) is 5.56 Å². The molecule has 0 unspecified atom stereocenters. The summed E-state index contributed by atoms with van der Waals surface area (Å²) in [5.74, 6) is -0.449. The van der Waals surface area contributed by atoms with E-state index in [0.717, 1.165) is 24.0 Å². The van der Waals surface area contributed by atoms with Crippen molar-refractivity contribution >= 4 is 5.57 Å². The minimum atomic E-state index is -0.449. The first kappa shape index (κ1) is 9.67. The number of hydrogen-bond donors (Lipinski definition) is 0. The van der Waals surface area contributed by atoms with Crippen molar-refractivity contribution in [1.82, 2.24) is 0 Å². The van der Waals surface area contributed by atoms with E-state index >= 15 is 0 Å². The second-order valence-electron chi connectivity index (χ2n) is 3.45. The van der Waals surface area contributed by atoms with E-state index in [0.29, 0.717) is 0 Å². The van der Waals surface area contributed by atoms with Crippen LogP contribution in [0.4, 0.5) is 4.39 Å². The predicted molar refractivity (Wildman–Crippen MR) is 57.5 cm³/mol. The molecule has 1 aliphatic rings. The topological polar surface area (TPSA) is 23.8 Å². The van der Waals surface area contributed by atoms with E-state index in [2.05, 4.69) is 12.2 Å². The lowest BCUT2D eigenvalue weighted by Gasteiger charge is -2.07. The van der Waals surface area contributed by atoms with Crippen molar-refractivity contribution in [3.05, 3.63) is 53.4 Å². The molecule has 0 aliphatic heterocycles. The van der Waals surface area contributed by atoms with Crippen molar-refractivity contribution in [2.75, 3.05) is 0 Å². The minimum Gasteiger partial charge on any atom is -0.206 e. The Labute approximate surface area is 88.2 Å². The van der Waals surface area contributed by atoms with E-state index in [9.17, 15) is 4.39 Å². The van der Waals surface area contributed by atoms with Gasteiger partial charge in [0.15, 0.2) is 0 Å². The number of benzene rings is 1. The fourth-order valence-corrected chi connectivity index (χ4v) is 1.61. The molecule has 1 aliphatic carbocycles. The van der Waals surface area contributed by atoms with Crippen LogP contribution in [0.25, 0.3) is 5.57 Å². The molecule has 1 aromatic rings. The van der Waals surface area contributed by atoms with Gasteiger partial charge in [0.2, 0.25) is 0 Å². The quantitative estimate of drug-likeness (QED) is 0.679. The molecule has 0 radical (unpaired) electrons. The summed E-state index contributed by atoms with van der Waals surface area (Å²) < 4.78 is 13.3. The van der Waals surface area contributed by atoms with E-state index in [1.165, 1.54) is 12.1 Å². The Morgan fingerprint density at radius 1 is 1.27 bits per heavy atom. The lowest BCUT2D eigenvalue weighted by Crippen LogP contribution is -1.89. The molecule has 74 valence electrons. The van der Waals surface area contributed by atoms with Crippen LogP contribution < -0.4 is 0 Å². The van der Waals surface area contributed by atoms with Crippen LogP contribution in [0.15, 0.2) is 36.4 Å². The SMILES string of the molecule is N#Cc1ccc(C2=CCCC=C2)cc1F. The van der Waals surface area contributed by atoms with Gasteiger partial charge < -0.3 is 0 Å². The Bertz CT molecular complexity index is 478. The van der Waals surface area contributed by atoms with Crippen molar-refractivity contribution in [3.8, 4) is 6.07 Å². The van der Waals surface area contributed by atoms with Crippen molar-refractivity contribution in [3.63, 3.8) is 0 Å². The fourth-order valence-electron chi connectivity index (χ4n) is 1.61. The smallest absolute Gasteiger partial charge is 0.141 e. The molecule has 0 fully saturated rings. The maximum absolute atomic E-state index is 13.3. The van der Waals surface area contributed by atoms with Gasteiger partial charge in [-0.05, 0) is 36.1 Å². The molecule has 0 spiro atoms. The van der Waals surface area contributed by atoms with Gasteiger partial charge in [-0.2, -0.15) is 5.26 Å². The van der Waals surface area contributed by atoms with E-state index in [1.54, 1.807) is 6.07 Å². The van der Waals surface area contributed by atoms with Crippen molar-refractivity contribution in [1.29, 1.82) is 5.26 Å². The summed E-state index contributed by atoms with van der Waals surface area (Å²) in [6.45, 7) is 0. The van der Waals surface area contributed by atoms with Crippen molar-refractivity contribution in [2.24, 2.45) is 0 Å². The Morgan fingerprint density at radius 3 is 2.73 bits per heavy atom. The van der Waals surface area contributed by atoms with Crippen LogP contribution in [0, 0.1) is 17.1 Å². The molecule has 0 saturated carbocycles. The molecule has 0 atom stereocenters. The Hall–Kier alpha value is -1.88. The number of hydrogen-bond acceptors (Lipinski definition) is 1. The molecular weight excluding hydrogens is 189 g/mol. The number of allylic oxidation sites excluding steroid dienone is 4. The summed E-state index contributed by atoms with van der Waals surface area (Å²) in [5.41, 5.74) is 1.96. The molecule has 1 aromatic carbocycles. The molecule has 2 heteroatoms. The van der Waals surface area contributed by atoms with Gasteiger partial charge >= 0.3 is 0 Å². The zero-order valence-corrected chi connectivity index (χ0v) is 8.20. The monoisotopic (exact) mass is 199 g/mol. The third-order valence-corrected chi connectivity index (χ3v) is 2.42. The second-order valence-corrected chi connectivity index (χ2v) is 3.45. The van der Waals surface area contributed by atoms with Gasteiger partial charge in [0.25, 0.3) is 0 Å². The van der Waals surface area contributed by atoms with Crippen LogP contribution >= 0.6 is 0 Å². The van der Waals surface area contributed by atoms with Crippen LogP contribution in [0.3, 0.4) is 0 Å². The number of nitriles is 1. The minimum absolute atomic E-state index is 0.0964. The third-order valence-electron chi connectivity index (χ3n) is 2.42. The summed E-state index contributed by atoms with van der Waals surface area (Å²) in [4.78, 5) is 0. The number of rotatable bonds is 1. The molecule has 0 N–H and O–H groups in total. The zero-order chi connectivity index (χ0) is 10.7.